The molecule has 1 rings (SSSR count). The van der Waals surface area contributed by atoms with Gasteiger partial charge >= 0.3 is 0 Å². The molecule has 0 fully saturated rings. The Hall–Kier alpha value is -1.11. The van der Waals surface area contributed by atoms with E-state index < -0.39 is 11.6 Å². The predicted octanol–water partition coefficient (Wildman–Crippen LogP) is 1.14. The van der Waals surface area contributed by atoms with Crippen molar-refractivity contribution in [3.05, 3.63) is 22.4 Å². The molecule has 0 aliphatic rings. The van der Waals surface area contributed by atoms with Gasteiger partial charge in [0.15, 0.2) is 0 Å². The Labute approximate surface area is 123 Å². The highest BCUT2D eigenvalue weighted by atomic mass is 35.5. The summed E-state index contributed by atoms with van der Waals surface area (Å²) in [6, 6.07) is 2.93. The van der Waals surface area contributed by atoms with Gasteiger partial charge in [0.25, 0.3) is 5.91 Å². The first-order valence-corrected chi connectivity index (χ1v) is 6.58. The molecule has 1 aromatic rings. The second-order valence-electron chi connectivity index (χ2n) is 4.88. The van der Waals surface area contributed by atoms with Gasteiger partial charge < -0.3 is 16.4 Å². The number of rotatable bonds is 5. The van der Waals surface area contributed by atoms with Crippen molar-refractivity contribution in [2.45, 2.75) is 32.4 Å². The Kier molecular flexibility index (Phi) is 7.04. The van der Waals surface area contributed by atoms with E-state index >= 15 is 0 Å². The van der Waals surface area contributed by atoms with Gasteiger partial charge in [-0.05, 0) is 32.2 Å². The fourth-order valence-corrected chi connectivity index (χ4v) is 1.84. The summed E-state index contributed by atoms with van der Waals surface area (Å²) in [6.45, 7) is 5.65. The number of halogens is 1. The first kappa shape index (κ1) is 17.9. The van der Waals surface area contributed by atoms with E-state index in [0.29, 0.717) is 11.4 Å². The largest absolute Gasteiger partial charge is 0.353 e. The van der Waals surface area contributed by atoms with Crippen molar-refractivity contribution < 1.29 is 9.59 Å². The minimum absolute atomic E-state index is 0. The molecular weight excluding hydrogens is 286 g/mol. The number of carbonyl (C=O) groups is 2. The van der Waals surface area contributed by atoms with Gasteiger partial charge in [-0.1, -0.05) is 6.07 Å². The van der Waals surface area contributed by atoms with Gasteiger partial charge in [-0.2, -0.15) is 0 Å². The fraction of sp³-hybridized carbons (Fsp3) is 0.500. The molecule has 19 heavy (non-hydrogen) atoms. The molecule has 1 atom stereocenters. The standard InChI is InChI=1S/C12H19N3O2S.ClH/c1-8(10(16)14-7-12(2,3)13)15-11(17)9-5-4-6-18-9;/h4-6,8H,7,13H2,1-3H3,(H,14,16)(H,15,17);1H. The van der Waals surface area contributed by atoms with Gasteiger partial charge in [-0.15, -0.1) is 23.7 Å². The number of hydrogen-bond acceptors (Lipinski definition) is 4. The molecular formula is C12H20ClN3O2S. The smallest absolute Gasteiger partial charge is 0.261 e. The maximum absolute atomic E-state index is 11.7. The Morgan fingerprint density at radius 3 is 2.58 bits per heavy atom. The molecule has 0 radical (unpaired) electrons. The zero-order valence-corrected chi connectivity index (χ0v) is 12.9. The Morgan fingerprint density at radius 2 is 2.11 bits per heavy atom. The highest BCUT2D eigenvalue weighted by molar-refractivity contribution is 7.12. The molecule has 0 bridgehead atoms. The lowest BCUT2D eigenvalue weighted by molar-refractivity contribution is -0.122. The summed E-state index contributed by atoms with van der Waals surface area (Å²) >= 11 is 1.34. The van der Waals surface area contributed by atoms with Crippen LogP contribution in [0, 0.1) is 0 Å². The van der Waals surface area contributed by atoms with E-state index in [4.69, 9.17) is 5.73 Å². The second-order valence-corrected chi connectivity index (χ2v) is 5.83. The molecule has 108 valence electrons. The highest BCUT2D eigenvalue weighted by Crippen LogP contribution is 2.08. The first-order valence-electron chi connectivity index (χ1n) is 5.70. The summed E-state index contributed by atoms with van der Waals surface area (Å²) in [5.41, 5.74) is 5.30. The van der Waals surface area contributed by atoms with E-state index in [2.05, 4.69) is 10.6 Å². The summed E-state index contributed by atoms with van der Waals surface area (Å²) in [4.78, 5) is 24.0. The second kappa shape index (κ2) is 7.47. The van der Waals surface area contributed by atoms with Crippen LogP contribution in [0.4, 0.5) is 0 Å². The Bertz CT molecular complexity index is 415. The van der Waals surface area contributed by atoms with Crippen LogP contribution < -0.4 is 16.4 Å². The quantitative estimate of drug-likeness (QED) is 0.763. The molecule has 0 aliphatic heterocycles. The highest BCUT2D eigenvalue weighted by Gasteiger charge is 2.19. The average Bonchev–Trinajstić information content (AvgIpc) is 2.77. The van der Waals surface area contributed by atoms with Crippen LogP contribution in [0.3, 0.4) is 0 Å². The average molecular weight is 306 g/mol. The molecule has 4 N–H and O–H groups in total. The molecule has 1 heterocycles. The van der Waals surface area contributed by atoms with Gasteiger partial charge in [-0.25, -0.2) is 0 Å². The Morgan fingerprint density at radius 1 is 1.47 bits per heavy atom. The minimum Gasteiger partial charge on any atom is -0.353 e. The molecule has 0 saturated carbocycles. The molecule has 2 amide bonds. The van der Waals surface area contributed by atoms with Crippen molar-refractivity contribution in [1.82, 2.24) is 10.6 Å². The van der Waals surface area contributed by atoms with Crippen LogP contribution in [-0.4, -0.2) is 29.9 Å². The number of nitrogens with one attached hydrogen (secondary N) is 2. The fourth-order valence-electron chi connectivity index (χ4n) is 1.21. The predicted molar refractivity (Wildman–Crippen MR) is 79.8 cm³/mol. The number of thiophene rings is 1. The van der Waals surface area contributed by atoms with Crippen LogP contribution in [0.1, 0.15) is 30.4 Å². The van der Waals surface area contributed by atoms with Gasteiger partial charge in [0, 0.05) is 12.1 Å². The van der Waals surface area contributed by atoms with Crippen LogP contribution >= 0.6 is 23.7 Å². The molecule has 5 nitrogen and oxygen atoms in total. The molecule has 0 aliphatic carbocycles. The van der Waals surface area contributed by atoms with Gasteiger partial charge in [-0.3, -0.25) is 9.59 Å². The van der Waals surface area contributed by atoms with E-state index in [1.165, 1.54) is 11.3 Å². The van der Waals surface area contributed by atoms with Crippen molar-refractivity contribution >= 4 is 35.6 Å². The van der Waals surface area contributed by atoms with E-state index in [1.54, 1.807) is 19.1 Å². The summed E-state index contributed by atoms with van der Waals surface area (Å²) in [5.74, 6) is -0.474. The third-order valence-corrected chi connectivity index (χ3v) is 3.07. The van der Waals surface area contributed by atoms with Gasteiger partial charge in [0.05, 0.1) is 4.88 Å². The topological polar surface area (TPSA) is 84.2 Å². The molecule has 0 aromatic carbocycles. The van der Waals surface area contributed by atoms with Crippen LogP contribution in [-0.2, 0) is 4.79 Å². The summed E-state index contributed by atoms with van der Waals surface area (Å²) in [5, 5.41) is 7.15. The van der Waals surface area contributed by atoms with E-state index in [-0.39, 0.29) is 24.2 Å². The van der Waals surface area contributed by atoms with E-state index in [0.717, 1.165) is 0 Å². The SMILES string of the molecule is CC(NC(=O)c1cccs1)C(=O)NCC(C)(C)N.Cl. The zero-order valence-electron chi connectivity index (χ0n) is 11.2. The minimum atomic E-state index is -0.582. The van der Waals surface area contributed by atoms with Gasteiger partial charge in [0.1, 0.15) is 6.04 Å². The molecule has 1 aromatic heterocycles. The number of hydrogen-bond donors (Lipinski definition) is 3. The number of carbonyl (C=O) groups excluding carboxylic acids is 2. The van der Waals surface area contributed by atoms with Crippen molar-refractivity contribution in [1.29, 1.82) is 0 Å². The van der Waals surface area contributed by atoms with Crippen molar-refractivity contribution in [2.75, 3.05) is 6.54 Å². The normalized spacial score (nSPS) is 12.2. The van der Waals surface area contributed by atoms with Crippen LogP contribution in [0.5, 0.6) is 0 Å². The van der Waals surface area contributed by atoms with Crippen LogP contribution in [0.15, 0.2) is 17.5 Å². The van der Waals surface area contributed by atoms with Crippen molar-refractivity contribution in [2.24, 2.45) is 5.73 Å². The maximum Gasteiger partial charge on any atom is 0.261 e. The summed E-state index contributed by atoms with van der Waals surface area (Å²) in [6.07, 6.45) is 0. The molecule has 1 unspecified atom stereocenters. The Balaban J connectivity index is 0.00000324. The zero-order chi connectivity index (χ0) is 13.8. The third kappa shape index (κ3) is 6.56. The lowest BCUT2D eigenvalue weighted by Crippen LogP contribution is -2.50. The van der Waals surface area contributed by atoms with E-state index in [9.17, 15) is 9.59 Å². The third-order valence-electron chi connectivity index (χ3n) is 2.20. The van der Waals surface area contributed by atoms with Crippen molar-refractivity contribution in [3.8, 4) is 0 Å². The summed E-state index contributed by atoms with van der Waals surface area (Å²) < 4.78 is 0. The monoisotopic (exact) mass is 305 g/mol. The lowest BCUT2D eigenvalue weighted by Gasteiger charge is -2.21. The molecule has 7 heteroatoms. The van der Waals surface area contributed by atoms with E-state index in [1.807, 2.05) is 19.2 Å². The lowest BCUT2D eigenvalue weighted by atomic mass is 10.1. The van der Waals surface area contributed by atoms with Gasteiger partial charge in [0.2, 0.25) is 5.91 Å². The summed E-state index contributed by atoms with van der Waals surface area (Å²) in [7, 11) is 0. The molecule has 0 spiro atoms. The maximum atomic E-state index is 11.7. The first-order chi connectivity index (χ1) is 8.29. The van der Waals surface area contributed by atoms with Crippen molar-refractivity contribution in [3.63, 3.8) is 0 Å². The number of nitrogens with two attached hydrogens (primary N) is 1. The number of amides is 2. The van der Waals surface area contributed by atoms with Crippen LogP contribution in [0.25, 0.3) is 0 Å². The molecule has 0 saturated heterocycles. The van der Waals surface area contributed by atoms with Crippen LogP contribution in [0.2, 0.25) is 0 Å².